The summed E-state index contributed by atoms with van der Waals surface area (Å²) in [7, 11) is 1.67. The van der Waals surface area contributed by atoms with E-state index in [1.807, 2.05) is 36.4 Å². The molecular formula is C16H14N2OS. The van der Waals surface area contributed by atoms with Gasteiger partial charge in [-0.3, -0.25) is 0 Å². The van der Waals surface area contributed by atoms with Crippen LogP contribution in [-0.4, -0.2) is 12.1 Å². The van der Waals surface area contributed by atoms with E-state index in [9.17, 15) is 0 Å². The molecule has 1 aromatic heterocycles. The molecule has 0 spiro atoms. The fourth-order valence-corrected chi connectivity index (χ4v) is 2.75. The van der Waals surface area contributed by atoms with Gasteiger partial charge in [0, 0.05) is 0 Å². The van der Waals surface area contributed by atoms with E-state index < -0.39 is 0 Å². The monoisotopic (exact) mass is 282 g/mol. The molecule has 0 saturated heterocycles. The number of anilines is 1. The summed E-state index contributed by atoms with van der Waals surface area (Å²) < 4.78 is 6.25. The first kappa shape index (κ1) is 12.7. The van der Waals surface area contributed by atoms with Crippen LogP contribution in [-0.2, 0) is 0 Å². The van der Waals surface area contributed by atoms with E-state index in [0.29, 0.717) is 5.13 Å². The van der Waals surface area contributed by atoms with Crippen LogP contribution in [0.5, 0.6) is 5.75 Å². The normalized spacial score (nSPS) is 11.2. The van der Waals surface area contributed by atoms with E-state index in [2.05, 4.69) is 23.2 Å². The highest BCUT2D eigenvalue weighted by Gasteiger charge is 2.00. The number of nitrogen functional groups attached to an aromatic ring is 1. The molecule has 20 heavy (non-hydrogen) atoms. The second-order valence-corrected chi connectivity index (χ2v) is 5.45. The molecule has 1 heterocycles. The maximum absolute atomic E-state index is 5.71. The minimum absolute atomic E-state index is 0.608. The zero-order valence-corrected chi connectivity index (χ0v) is 11.9. The van der Waals surface area contributed by atoms with E-state index in [4.69, 9.17) is 10.5 Å². The lowest BCUT2D eigenvalue weighted by Gasteiger charge is -1.99. The molecule has 0 aliphatic heterocycles. The molecule has 0 unspecified atom stereocenters. The fraction of sp³-hybridized carbons (Fsp3) is 0.0625. The summed E-state index contributed by atoms with van der Waals surface area (Å²) in [5.74, 6) is 0.865. The number of methoxy groups -OCH3 is 1. The van der Waals surface area contributed by atoms with Crippen LogP contribution in [0.15, 0.2) is 42.5 Å². The Morgan fingerprint density at radius 1 is 1.05 bits per heavy atom. The van der Waals surface area contributed by atoms with Gasteiger partial charge >= 0.3 is 0 Å². The van der Waals surface area contributed by atoms with Crippen molar-refractivity contribution in [3.05, 3.63) is 53.6 Å². The quantitative estimate of drug-likeness (QED) is 0.737. The second-order valence-electron chi connectivity index (χ2n) is 4.39. The summed E-state index contributed by atoms with van der Waals surface area (Å²) in [6, 6.07) is 14.1. The third kappa shape index (κ3) is 2.65. The van der Waals surface area contributed by atoms with Gasteiger partial charge in [0.1, 0.15) is 5.75 Å². The first-order chi connectivity index (χ1) is 9.74. The molecule has 100 valence electrons. The number of aromatic nitrogens is 1. The number of rotatable bonds is 3. The van der Waals surface area contributed by atoms with Crippen molar-refractivity contribution in [2.24, 2.45) is 0 Å². The van der Waals surface area contributed by atoms with E-state index >= 15 is 0 Å². The van der Waals surface area contributed by atoms with Gasteiger partial charge in [-0.15, -0.1) is 0 Å². The first-order valence-electron chi connectivity index (χ1n) is 6.23. The van der Waals surface area contributed by atoms with Gasteiger partial charge in [-0.25, -0.2) is 4.98 Å². The van der Waals surface area contributed by atoms with Gasteiger partial charge in [0.25, 0.3) is 0 Å². The van der Waals surface area contributed by atoms with Crippen LogP contribution in [0, 0.1) is 0 Å². The number of fused-ring (bicyclic) bond motifs is 1. The average molecular weight is 282 g/mol. The van der Waals surface area contributed by atoms with E-state index in [1.54, 1.807) is 7.11 Å². The lowest BCUT2D eigenvalue weighted by molar-refractivity contribution is 0.415. The largest absolute Gasteiger partial charge is 0.497 e. The zero-order valence-electron chi connectivity index (χ0n) is 11.0. The molecule has 0 bridgehead atoms. The van der Waals surface area contributed by atoms with Gasteiger partial charge in [0.05, 0.1) is 17.3 Å². The summed E-state index contributed by atoms with van der Waals surface area (Å²) in [6.07, 6.45) is 4.15. The first-order valence-corrected chi connectivity index (χ1v) is 7.04. The van der Waals surface area contributed by atoms with Crippen molar-refractivity contribution in [1.82, 2.24) is 4.98 Å². The Kier molecular flexibility index (Phi) is 3.39. The number of ether oxygens (including phenoxy) is 1. The number of nitrogens with zero attached hydrogens (tertiary/aromatic N) is 1. The third-order valence-electron chi connectivity index (χ3n) is 3.01. The van der Waals surface area contributed by atoms with Crippen LogP contribution in [0.4, 0.5) is 5.13 Å². The molecule has 3 nitrogen and oxygen atoms in total. The van der Waals surface area contributed by atoms with Gasteiger partial charge < -0.3 is 10.5 Å². The van der Waals surface area contributed by atoms with Crippen LogP contribution in [0.25, 0.3) is 22.4 Å². The topological polar surface area (TPSA) is 48.1 Å². The summed E-state index contributed by atoms with van der Waals surface area (Å²) in [5.41, 5.74) is 8.93. The predicted molar refractivity (Wildman–Crippen MR) is 86.0 cm³/mol. The van der Waals surface area contributed by atoms with Crippen LogP contribution in [0.1, 0.15) is 11.1 Å². The van der Waals surface area contributed by atoms with Crippen molar-refractivity contribution in [3.8, 4) is 5.75 Å². The average Bonchev–Trinajstić information content (AvgIpc) is 2.85. The number of hydrogen-bond donors (Lipinski definition) is 1. The highest BCUT2D eigenvalue weighted by molar-refractivity contribution is 7.22. The Morgan fingerprint density at radius 2 is 1.75 bits per heavy atom. The van der Waals surface area contributed by atoms with Crippen LogP contribution in [0.2, 0.25) is 0 Å². The smallest absolute Gasteiger partial charge is 0.181 e. The van der Waals surface area contributed by atoms with Crippen molar-refractivity contribution in [2.45, 2.75) is 0 Å². The molecule has 0 aliphatic carbocycles. The third-order valence-corrected chi connectivity index (χ3v) is 3.86. The highest BCUT2D eigenvalue weighted by atomic mass is 32.1. The molecule has 2 N–H and O–H groups in total. The lowest BCUT2D eigenvalue weighted by Crippen LogP contribution is -1.81. The van der Waals surface area contributed by atoms with E-state index in [0.717, 1.165) is 27.1 Å². The molecule has 0 radical (unpaired) electrons. The van der Waals surface area contributed by atoms with E-state index in [-0.39, 0.29) is 0 Å². The Labute approximate surface area is 121 Å². The van der Waals surface area contributed by atoms with Crippen molar-refractivity contribution < 1.29 is 4.74 Å². The second kappa shape index (κ2) is 5.35. The van der Waals surface area contributed by atoms with Crippen LogP contribution < -0.4 is 10.5 Å². The number of thiazole rings is 1. The zero-order chi connectivity index (χ0) is 13.9. The highest BCUT2D eigenvalue weighted by Crippen LogP contribution is 2.25. The number of hydrogen-bond acceptors (Lipinski definition) is 4. The van der Waals surface area contributed by atoms with Gasteiger partial charge in [-0.1, -0.05) is 41.7 Å². The van der Waals surface area contributed by atoms with Crippen molar-refractivity contribution in [3.63, 3.8) is 0 Å². The maximum atomic E-state index is 5.71. The summed E-state index contributed by atoms with van der Waals surface area (Å²) >= 11 is 1.51. The molecule has 0 saturated carbocycles. The molecule has 0 fully saturated rings. The minimum atomic E-state index is 0.608. The lowest BCUT2D eigenvalue weighted by atomic mass is 10.1. The van der Waals surface area contributed by atoms with Crippen molar-refractivity contribution in [2.75, 3.05) is 12.8 Å². The Bertz CT molecular complexity index is 760. The van der Waals surface area contributed by atoms with Crippen LogP contribution in [0.3, 0.4) is 0 Å². The Hall–Kier alpha value is -2.33. The van der Waals surface area contributed by atoms with Gasteiger partial charge in [-0.2, -0.15) is 0 Å². The predicted octanol–water partition coefficient (Wildman–Crippen LogP) is 4.06. The standard InChI is InChI=1S/C16H14N2OS/c1-19-13-7-4-11(5-8-13)2-3-12-6-9-14-15(10-12)20-16(17)18-14/h2-10H,1H3,(H2,17,18). The Balaban J connectivity index is 1.85. The maximum Gasteiger partial charge on any atom is 0.181 e. The summed E-state index contributed by atoms with van der Waals surface area (Å²) in [5, 5.41) is 0.608. The summed E-state index contributed by atoms with van der Waals surface area (Å²) in [6.45, 7) is 0. The molecule has 4 heteroatoms. The fourth-order valence-electron chi connectivity index (χ4n) is 1.97. The molecule has 0 atom stereocenters. The Morgan fingerprint density at radius 3 is 2.50 bits per heavy atom. The number of nitrogens with two attached hydrogens (primary N) is 1. The SMILES string of the molecule is COc1ccc(C=Cc2ccc3nc(N)sc3c2)cc1. The minimum Gasteiger partial charge on any atom is -0.497 e. The van der Waals surface area contributed by atoms with E-state index in [1.165, 1.54) is 11.3 Å². The molecule has 3 rings (SSSR count). The van der Waals surface area contributed by atoms with Crippen LogP contribution >= 0.6 is 11.3 Å². The van der Waals surface area contributed by atoms with Crippen molar-refractivity contribution >= 4 is 38.8 Å². The molecule has 0 aliphatic rings. The number of benzene rings is 2. The molecule has 0 amide bonds. The summed E-state index contributed by atoms with van der Waals surface area (Å²) in [4.78, 5) is 4.25. The molecular weight excluding hydrogens is 268 g/mol. The molecule has 2 aromatic carbocycles. The van der Waals surface area contributed by atoms with Gasteiger partial charge in [-0.05, 0) is 35.4 Å². The van der Waals surface area contributed by atoms with Crippen molar-refractivity contribution in [1.29, 1.82) is 0 Å². The molecule has 3 aromatic rings. The van der Waals surface area contributed by atoms with Gasteiger partial charge in [0.2, 0.25) is 0 Å². The van der Waals surface area contributed by atoms with Gasteiger partial charge in [0.15, 0.2) is 5.13 Å².